The van der Waals surface area contributed by atoms with E-state index in [0.717, 1.165) is 53.4 Å². The van der Waals surface area contributed by atoms with E-state index in [2.05, 4.69) is 40.8 Å². The standard InChI is InChI=1S/C18H21N3OS/c1-3-4-5-16-20-17(15-10-11-23-18(15)21-16)19-12-13-6-8-14(22-2)9-7-13/h6-11H,3-5,12H2,1-2H3,(H,19,20,21). The highest BCUT2D eigenvalue weighted by molar-refractivity contribution is 7.16. The van der Waals surface area contributed by atoms with Gasteiger partial charge >= 0.3 is 0 Å². The zero-order valence-corrected chi connectivity index (χ0v) is 14.3. The second kappa shape index (κ2) is 7.42. The molecular weight excluding hydrogens is 306 g/mol. The van der Waals surface area contributed by atoms with E-state index in [0.29, 0.717) is 0 Å². The Bertz CT molecular complexity index is 768. The van der Waals surface area contributed by atoms with Gasteiger partial charge in [0, 0.05) is 13.0 Å². The molecule has 120 valence electrons. The number of unbranched alkanes of at least 4 members (excludes halogenated alkanes) is 1. The summed E-state index contributed by atoms with van der Waals surface area (Å²) in [6.45, 7) is 2.92. The fraction of sp³-hybridized carbons (Fsp3) is 0.333. The lowest BCUT2D eigenvalue weighted by Gasteiger charge is -2.09. The molecule has 0 aliphatic heterocycles. The first-order valence-electron chi connectivity index (χ1n) is 7.91. The van der Waals surface area contributed by atoms with Gasteiger partial charge in [0.2, 0.25) is 0 Å². The first-order valence-corrected chi connectivity index (χ1v) is 8.79. The first kappa shape index (κ1) is 15.7. The van der Waals surface area contributed by atoms with Gasteiger partial charge in [-0.25, -0.2) is 9.97 Å². The first-order chi connectivity index (χ1) is 11.3. The number of hydrogen-bond acceptors (Lipinski definition) is 5. The van der Waals surface area contributed by atoms with Crippen LogP contribution in [-0.2, 0) is 13.0 Å². The summed E-state index contributed by atoms with van der Waals surface area (Å²) in [7, 11) is 1.68. The highest BCUT2D eigenvalue weighted by Crippen LogP contribution is 2.26. The van der Waals surface area contributed by atoms with Gasteiger partial charge in [0.15, 0.2) is 0 Å². The van der Waals surface area contributed by atoms with E-state index in [4.69, 9.17) is 9.72 Å². The molecule has 0 amide bonds. The molecule has 0 saturated heterocycles. The number of aromatic nitrogens is 2. The van der Waals surface area contributed by atoms with Crippen LogP contribution < -0.4 is 10.1 Å². The van der Waals surface area contributed by atoms with E-state index in [-0.39, 0.29) is 0 Å². The maximum absolute atomic E-state index is 5.19. The van der Waals surface area contributed by atoms with Crippen LogP contribution in [0.25, 0.3) is 10.2 Å². The Labute approximate surface area is 140 Å². The van der Waals surface area contributed by atoms with Crippen molar-refractivity contribution in [2.45, 2.75) is 32.7 Å². The molecule has 2 heterocycles. The van der Waals surface area contributed by atoms with Crippen LogP contribution in [0.2, 0.25) is 0 Å². The number of fused-ring (bicyclic) bond motifs is 1. The van der Waals surface area contributed by atoms with Gasteiger partial charge in [-0.05, 0) is 35.6 Å². The number of nitrogens with one attached hydrogen (secondary N) is 1. The number of benzene rings is 1. The van der Waals surface area contributed by atoms with Crippen molar-refractivity contribution in [2.75, 3.05) is 12.4 Å². The summed E-state index contributed by atoms with van der Waals surface area (Å²) in [6.07, 6.45) is 3.21. The van der Waals surface area contributed by atoms with E-state index in [1.807, 2.05) is 12.1 Å². The summed E-state index contributed by atoms with van der Waals surface area (Å²) in [5.74, 6) is 2.73. The average molecular weight is 327 g/mol. The number of nitrogens with zero attached hydrogens (tertiary/aromatic N) is 2. The predicted octanol–water partition coefficient (Wildman–Crippen LogP) is 4.65. The van der Waals surface area contributed by atoms with Crippen LogP contribution in [-0.4, -0.2) is 17.1 Å². The molecule has 0 radical (unpaired) electrons. The molecular formula is C18H21N3OS. The minimum absolute atomic E-state index is 0.735. The molecule has 0 aliphatic carbocycles. The van der Waals surface area contributed by atoms with Crippen molar-refractivity contribution in [1.29, 1.82) is 0 Å². The fourth-order valence-corrected chi connectivity index (χ4v) is 3.19. The molecule has 3 rings (SSSR count). The second-order valence-electron chi connectivity index (χ2n) is 5.43. The zero-order valence-electron chi connectivity index (χ0n) is 13.5. The number of ether oxygens (including phenoxy) is 1. The Balaban J connectivity index is 1.78. The SMILES string of the molecule is CCCCc1nc(NCc2ccc(OC)cc2)c2ccsc2n1. The molecule has 0 spiro atoms. The Hall–Kier alpha value is -2.14. The lowest BCUT2D eigenvalue weighted by Crippen LogP contribution is -2.05. The van der Waals surface area contributed by atoms with Gasteiger partial charge in [-0.3, -0.25) is 0 Å². The predicted molar refractivity (Wildman–Crippen MR) is 96.3 cm³/mol. The molecule has 2 aromatic heterocycles. The topological polar surface area (TPSA) is 47.0 Å². The van der Waals surface area contributed by atoms with E-state index in [9.17, 15) is 0 Å². The largest absolute Gasteiger partial charge is 0.497 e. The summed E-state index contributed by atoms with van der Waals surface area (Å²) in [6, 6.07) is 10.2. The lowest BCUT2D eigenvalue weighted by molar-refractivity contribution is 0.414. The summed E-state index contributed by atoms with van der Waals surface area (Å²) >= 11 is 1.67. The van der Waals surface area contributed by atoms with E-state index >= 15 is 0 Å². The molecule has 0 bridgehead atoms. The van der Waals surface area contributed by atoms with Gasteiger partial charge in [0.1, 0.15) is 22.2 Å². The summed E-state index contributed by atoms with van der Waals surface area (Å²) in [5.41, 5.74) is 1.20. The Morgan fingerprint density at radius 3 is 2.70 bits per heavy atom. The number of rotatable bonds is 7. The third-order valence-corrected chi connectivity index (χ3v) is 4.55. The van der Waals surface area contributed by atoms with Crippen molar-refractivity contribution in [1.82, 2.24) is 9.97 Å². The van der Waals surface area contributed by atoms with Crippen LogP contribution in [0.3, 0.4) is 0 Å². The molecule has 0 fully saturated rings. The maximum atomic E-state index is 5.19. The van der Waals surface area contributed by atoms with E-state index < -0.39 is 0 Å². The number of anilines is 1. The maximum Gasteiger partial charge on any atom is 0.138 e. The summed E-state index contributed by atoms with van der Waals surface area (Å²) in [5, 5.41) is 6.63. The van der Waals surface area contributed by atoms with Crippen LogP contribution in [0.4, 0.5) is 5.82 Å². The van der Waals surface area contributed by atoms with Gasteiger partial charge in [-0.2, -0.15) is 0 Å². The minimum atomic E-state index is 0.735. The van der Waals surface area contributed by atoms with Crippen LogP contribution in [0.15, 0.2) is 35.7 Å². The Morgan fingerprint density at radius 2 is 1.96 bits per heavy atom. The molecule has 0 atom stereocenters. The molecule has 1 N–H and O–H groups in total. The second-order valence-corrected chi connectivity index (χ2v) is 6.33. The highest BCUT2D eigenvalue weighted by atomic mass is 32.1. The smallest absolute Gasteiger partial charge is 0.138 e. The van der Waals surface area contributed by atoms with Crippen LogP contribution in [0, 0.1) is 0 Å². The Morgan fingerprint density at radius 1 is 1.13 bits per heavy atom. The van der Waals surface area contributed by atoms with Gasteiger partial charge in [-0.15, -0.1) is 11.3 Å². The van der Waals surface area contributed by atoms with Crippen molar-refractivity contribution >= 4 is 27.4 Å². The number of hydrogen-bond donors (Lipinski definition) is 1. The highest BCUT2D eigenvalue weighted by Gasteiger charge is 2.08. The zero-order chi connectivity index (χ0) is 16.1. The van der Waals surface area contributed by atoms with Crippen LogP contribution in [0.1, 0.15) is 31.2 Å². The molecule has 5 heteroatoms. The van der Waals surface area contributed by atoms with E-state index in [1.165, 1.54) is 5.56 Å². The third-order valence-electron chi connectivity index (χ3n) is 3.74. The van der Waals surface area contributed by atoms with Crippen LogP contribution >= 0.6 is 11.3 Å². The molecule has 0 unspecified atom stereocenters. The number of aryl methyl sites for hydroxylation is 1. The molecule has 0 aliphatic rings. The monoisotopic (exact) mass is 327 g/mol. The lowest BCUT2D eigenvalue weighted by atomic mass is 10.2. The molecule has 0 saturated carbocycles. The van der Waals surface area contributed by atoms with Crippen molar-refractivity contribution in [3.63, 3.8) is 0 Å². The summed E-state index contributed by atoms with van der Waals surface area (Å²) < 4.78 is 5.19. The normalized spacial score (nSPS) is 10.9. The third kappa shape index (κ3) is 3.79. The van der Waals surface area contributed by atoms with Gasteiger partial charge < -0.3 is 10.1 Å². The van der Waals surface area contributed by atoms with Crippen LogP contribution in [0.5, 0.6) is 5.75 Å². The Kier molecular flexibility index (Phi) is 5.08. The number of methoxy groups -OCH3 is 1. The van der Waals surface area contributed by atoms with Crippen molar-refractivity contribution in [3.8, 4) is 5.75 Å². The summed E-state index contributed by atoms with van der Waals surface area (Å²) in [4.78, 5) is 10.4. The molecule has 23 heavy (non-hydrogen) atoms. The van der Waals surface area contributed by atoms with Crippen molar-refractivity contribution < 1.29 is 4.74 Å². The number of thiophene rings is 1. The fourth-order valence-electron chi connectivity index (χ4n) is 2.41. The van der Waals surface area contributed by atoms with Gasteiger partial charge in [-0.1, -0.05) is 25.5 Å². The molecule has 3 aromatic rings. The van der Waals surface area contributed by atoms with Gasteiger partial charge in [0.05, 0.1) is 12.5 Å². The molecule has 4 nitrogen and oxygen atoms in total. The van der Waals surface area contributed by atoms with E-state index in [1.54, 1.807) is 18.4 Å². The average Bonchev–Trinajstić information content (AvgIpc) is 3.07. The van der Waals surface area contributed by atoms with Crippen molar-refractivity contribution in [3.05, 3.63) is 47.1 Å². The van der Waals surface area contributed by atoms with Crippen molar-refractivity contribution in [2.24, 2.45) is 0 Å². The minimum Gasteiger partial charge on any atom is -0.497 e. The van der Waals surface area contributed by atoms with Gasteiger partial charge in [0.25, 0.3) is 0 Å². The molecule has 1 aromatic carbocycles. The quantitative estimate of drug-likeness (QED) is 0.686.